The molecule has 8 bridgehead atoms. The Morgan fingerprint density at radius 3 is 1.32 bits per heavy atom. The first-order valence-electron chi connectivity index (χ1n) is 29.6. The van der Waals surface area contributed by atoms with Gasteiger partial charge in [-0.25, -0.2) is 0 Å². The van der Waals surface area contributed by atoms with E-state index in [1.165, 1.54) is 169 Å². The molecule has 10 heterocycles. The van der Waals surface area contributed by atoms with Crippen molar-refractivity contribution in [1.82, 2.24) is 0 Å². The molecule has 9 aromatic carbocycles. The van der Waals surface area contributed by atoms with Crippen LogP contribution < -0.4 is 24.8 Å². The standard InChI is InChI=1S/C76H57BN2S6/c1-74(2,3)52-40-57-69-58(41-52)79-54-31-47(64-35-43-17-9-13-21-60(43)81-64)29-49(33-54)68-37-45-19-11-15-23-66(45)85(68)76(6,7)51-25-27-62-56(39-51)71(79)73(83-62)77(69)72-70-55-38-50(24-26-61(55)82-72)75(4,5)84-65-22-14-10-18-44(65)36-67(84)48-28-46(30-53(32-48)78(57)70)63-34-42-16-8-12-20-59(42)80-63/h8-41,84-85H,1-7H3. The number of anilines is 6. The van der Waals surface area contributed by atoms with Crippen LogP contribution in [0.1, 0.15) is 87.4 Å². The third-order valence-corrected chi connectivity index (χ3v) is 30.5. The van der Waals surface area contributed by atoms with Crippen molar-refractivity contribution < 1.29 is 0 Å². The summed E-state index contributed by atoms with van der Waals surface area (Å²) in [4.78, 5) is 14.0. The first-order valence-corrected chi connectivity index (χ1v) is 35.6. The van der Waals surface area contributed by atoms with Crippen molar-refractivity contribution in [3.8, 4) is 20.9 Å². The van der Waals surface area contributed by atoms with Crippen LogP contribution in [0.15, 0.2) is 204 Å². The summed E-state index contributed by atoms with van der Waals surface area (Å²) in [5.74, 6) is 0. The number of fused-ring (bicyclic) bond motifs is 22. The van der Waals surface area contributed by atoms with Gasteiger partial charge >= 0.3 is 0 Å². The molecule has 6 aliphatic heterocycles. The van der Waals surface area contributed by atoms with Gasteiger partial charge in [0.05, 0.1) is 11.4 Å². The molecule has 2 nitrogen and oxygen atoms in total. The van der Waals surface area contributed by atoms with E-state index in [2.05, 4.69) is 265 Å². The van der Waals surface area contributed by atoms with Gasteiger partial charge < -0.3 is 9.80 Å². The van der Waals surface area contributed by atoms with Crippen LogP contribution in [0.4, 0.5) is 34.1 Å². The van der Waals surface area contributed by atoms with Gasteiger partial charge in [0, 0.05) is 90.9 Å². The molecular weight excluding hydrogens is 1140 g/mol. The third kappa shape index (κ3) is 6.91. The van der Waals surface area contributed by atoms with Crippen LogP contribution in [-0.2, 0) is 14.9 Å². The van der Waals surface area contributed by atoms with E-state index < -0.39 is 21.8 Å². The Kier molecular flexibility index (Phi) is 10.1. The molecule has 4 aromatic heterocycles. The lowest BCUT2D eigenvalue weighted by molar-refractivity contribution is 0.590. The van der Waals surface area contributed by atoms with Gasteiger partial charge in [0.2, 0.25) is 0 Å². The topological polar surface area (TPSA) is 6.48 Å². The van der Waals surface area contributed by atoms with Crippen molar-refractivity contribution in [2.75, 3.05) is 9.80 Å². The average molecular weight is 1200 g/mol. The zero-order valence-electron chi connectivity index (χ0n) is 48.1. The van der Waals surface area contributed by atoms with Gasteiger partial charge in [-0.2, -0.15) is 21.8 Å². The minimum Gasteiger partial charge on any atom is -0.310 e. The van der Waals surface area contributed by atoms with Gasteiger partial charge in [-0.1, -0.05) is 106 Å². The Bertz CT molecular complexity index is 4860. The fraction of sp³-hybridized carbons (Fsp3) is 0.132. The summed E-state index contributed by atoms with van der Waals surface area (Å²) in [7, 11) is -1.66. The Morgan fingerprint density at radius 2 is 0.859 bits per heavy atom. The maximum atomic E-state index is 2.77. The van der Waals surface area contributed by atoms with Crippen molar-refractivity contribution in [3.63, 3.8) is 0 Å². The molecule has 0 N–H and O–H groups in total. The SMILES string of the molecule is CC(C)(C)c1cc2c3c(c1)N1c4cc(cc(-c5cc6ccccc6s5)c4)C4=Cc5ccccc5[SH]4C(C)(C)c4ccc5sc(c1c5c4)B3c1sc3ccc4cc3c1N2c1cc(cc(-c2cc3ccccc3s2)c1)C1=Cc2ccccc2[SH]1C4(C)C. The lowest BCUT2D eigenvalue weighted by atomic mass is 9.39. The Morgan fingerprint density at radius 1 is 0.424 bits per heavy atom. The van der Waals surface area contributed by atoms with Gasteiger partial charge in [-0.15, -0.1) is 45.3 Å². The van der Waals surface area contributed by atoms with E-state index in [0.717, 1.165) is 0 Å². The van der Waals surface area contributed by atoms with E-state index in [4.69, 9.17) is 0 Å². The predicted molar refractivity (Wildman–Crippen MR) is 381 cm³/mol. The summed E-state index contributed by atoms with van der Waals surface area (Å²) >= 11 is 7.91. The highest BCUT2D eigenvalue weighted by Crippen LogP contribution is 2.70. The number of thiol groups is 2. The molecule has 0 fully saturated rings. The van der Waals surface area contributed by atoms with Crippen molar-refractivity contribution in [2.24, 2.45) is 0 Å². The first-order chi connectivity index (χ1) is 41.2. The zero-order valence-corrected chi connectivity index (χ0v) is 53.2. The Balaban J connectivity index is 0.953. The third-order valence-electron chi connectivity index (χ3n) is 19.4. The van der Waals surface area contributed by atoms with Crippen LogP contribution in [0.2, 0.25) is 0 Å². The van der Waals surface area contributed by atoms with Crippen molar-refractivity contribution >= 4 is 185 Å². The van der Waals surface area contributed by atoms with Crippen LogP contribution in [-0.4, -0.2) is 6.71 Å². The Labute approximate surface area is 517 Å². The summed E-state index contributed by atoms with van der Waals surface area (Å²) in [6, 6.07) is 77.1. The summed E-state index contributed by atoms with van der Waals surface area (Å²) in [5.41, 5.74) is 20.9. The van der Waals surface area contributed by atoms with Gasteiger partial charge in [-0.3, -0.25) is 0 Å². The number of benzene rings is 9. The van der Waals surface area contributed by atoms with Crippen molar-refractivity contribution in [1.29, 1.82) is 0 Å². The van der Waals surface area contributed by atoms with E-state index >= 15 is 0 Å². The Hall–Kier alpha value is -7.34. The number of rotatable bonds is 2. The zero-order chi connectivity index (χ0) is 56.7. The smallest absolute Gasteiger partial charge is 0.277 e. The minimum absolute atomic E-state index is 0.00155. The molecule has 9 heteroatoms. The fourth-order valence-corrected chi connectivity index (χ4v) is 26.3. The van der Waals surface area contributed by atoms with E-state index in [1.54, 1.807) is 0 Å². The molecule has 13 aromatic rings. The second-order valence-corrected chi connectivity index (χ2v) is 36.0. The fourth-order valence-electron chi connectivity index (χ4n) is 15.2. The largest absolute Gasteiger partial charge is 0.310 e. The molecule has 19 rings (SSSR count). The maximum Gasteiger partial charge on any atom is 0.277 e. The van der Waals surface area contributed by atoms with E-state index in [1.807, 2.05) is 45.3 Å². The number of hydrogen-bond acceptors (Lipinski definition) is 6. The van der Waals surface area contributed by atoms with E-state index in [-0.39, 0.29) is 21.6 Å². The van der Waals surface area contributed by atoms with Crippen molar-refractivity contribution in [3.05, 3.63) is 233 Å². The quantitative estimate of drug-likeness (QED) is 0.132. The molecule has 85 heavy (non-hydrogen) atoms. The van der Waals surface area contributed by atoms with Gasteiger partial charge in [0.1, 0.15) is 0 Å². The van der Waals surface area contributed by atoms with Crippen molar-refractivity contribution in [2.45, 2.75) is 73.2 Å². The lowest BCUT2D eigenvalue weighted by Gasteiger charge is -2.43. The number of hydrogen-bond donors (Lipinski definition) is 2. The molecule has 2 atom stereocenters. The summed E-state index contributed by atoms with van der Waals surface area (Å²) < 4.78 is 7.83. The predicted octanol–water partition coefficient (Wildman–Crippen LogP) is 21.5. The van der Waals surface area contributed by atoms with E-state index in [9.17, 15) is 0 Å². The average Bonchev–Trinajstić information content (AvgIpc) is 1.66. The molecule has 0 spiro atoms. The molecular formula is C76H57BN2S6. The lowest BCUT2D eigenvalue weighted by Crippen LogP contribution is -2.59. The van der Waals surface area contributed by atoms with Crippen LogP contribution in [0, 0.1) is 0 Å². The number of nitrogens with zero attached hydrogens (tertiary/aromatic N) is 2. The van der Waals surface area contributed by atoms with Gasteiger partial charge in [-0.05, 0) is 231 Å². The highest BCUT2D eigenvalue weighted by atomic mass is 32.2. The summed E-state index contributed by atoms with van der Waals surface area (Å²) in [6.07, 6.45) is 5.11. The first kappa shape index (κ1) is 49.9. The molecule has 0 saturated carbocycles. The maximum absolute atomic E-state index is 2.77. The van der Waals surface area contributed by atoms with Crippen LogP contribution in [0.25, 0.3) is 83.2 Å². The monoisotopic (exact) mass is 1200 g/mol. The molecule has 410 valence electrons. The molecule has 2 unspecified atom stereocenters. The minimum atomic E-state index is -0.830. The van der Waals surface area contributed by atoms with Crippen LogP contribution in [0.5, 0.6) is 0 Å². The highest BCUT2D eigenvalue weighted by molar-refractivity contribution is 8.26. The molecule has 0 aliphatic carbocycles. The molecule has 0 saturated heterocycles. The molecule has 6 aliphatic rings. The van der Waals surface area contributed by atoms with E-state index in [0.29, 0.717) is 0 Å². The molecule has 0 amide bonds. The molecule has 0 radical (unpaired) electrons. The van der Waals surface area contributed by atoms with Crippen LogP contribution >= 0.6 is 67.1 Å². The summed E-state index contributed by atoms with van der Waals surface area (Å²) in [5, 5.41) is 5.30. The second kappa shape index (κ2) is 17.2. The highest BCUT2D eigenvalue weighted by Gasteiger charge is 2.50. The van der Waals surface area contributed by atoms with Crippen LogP contribution in [0.3, 0.4) is 0 Å². The second-order valence-electron chi connectivity index (χ2n) is 26.1. The summed E-state index contributed by atoms with van der Waals surface area (Å²) in [6.45, 7) is 17.4. The van der Waals surface area contributed by atoms with Gasteiger partial charge in [0.15, 0.2) is 0 Å². The van der Waals surface area contributed by atoms with Gasteiger partial charge in [0.25, 0.3) is 6.71 Å². The normalized spacial score (nSPS) is 18.7. The number of thiophene rings is 4.